The smallest absolute Gasteiger partial charge is 0.224 e. The standard InChI is InChI=1S/C14H30N2O/c1-4-5-6-7-8-9-10-11-16-12-14(2,3)13(15)17/h16H,4-12H2,1-3H3,(H2,15,17). The normalized spacial score (nSPS) is 11.7. The predicted molar refractivity (Wildman–Crippen MR) is 73.8 cm³/mol. The summed E-state index contributed by atoms with van der Waals surface area (Å²) in [5.41, 5.74) is 4.87. The third-order valence-electron chi connectivity index (χ3n) is 3.19. The maximum absolute atomic E-state index is 11.1. The van der Waals surface area contributed by atoms with Gasteiger partial charge in [-0.3, -0.25) is 4.79 Å². The summed E-state index contributed by atoms with van der Waals surface area (Å²) in [5.74, 6) is -0.232. The van der Waals surface area contributed by atoms with Crippen molar-refractivity contribution in [3.8, 4) is 0 Å². The molecule has 0 fully saturated rings. The van der Waals surface area contributed by atoms with E-state index in [-0.39, 0.29) is 5.91 Å². The van der Waals surface area contributed by atoms with Gasteiger partial charge in [-0.05, 0) is 26.8 Å². The number of hydrogen-bond donors (Lipinski definition) is 2. The molecule has 0 aliphatic carbocycles. The van der Waals surface area contributed by atoms with Crippen LogP contribution < -0.4 is 11.1 Å². The van der Waals surface area contributed by atoms with Gasteiger partial charge < -0.3 is 11.1 Å². The molecule has 0 aromatic rings. The van der Waals surface area contributed by atoms with Gasteiger partial charge in [0.05, 0.1) is 5.41 Å². The first-order valence-corrected chi connectivity index (χ1v) is 7.01. The van der Waals surface area contributed by atoms with E-state index < -0.39 is 5.41 Å². The Hall–Kier alpha value is -0.570. The molecule has 0 aromatic heterocycles. The van der Waals surface area contributed by atoms with E-state index >= 15 is 0 Å². The Kier molecular flexibility index (Phi) is 9.14. The second kappa shape index (κ2) is 9.46. The number of carbonyl (C=O) groups is 1. The summed E-state index contributed by atoms with van der Waals surface area (Å²) in [7, 11) is 0. The van der Waals surface area contributed by atoms with Crippen molar-refractivity contribution in [2.24, 2.45) is 11.1 Å². The molecule has 0 radical (unpaired) electrons. The van der Waals surface area contributed by atoms with Crippen LogP contribution in [-0.4, -0.2) is 19.0 Å². The molecule has 3 heteroatoms. The molecule has 0 aliphatic heterocycles. The number of nitrogens with one attached hydrogen (secondary N) is 1. The van der Waals surface area contributed by atoms with Crippen LogP contribution in [0.15, 0.2) is 0 Å². The molecule has 1 amide bonds. The molecule has 0 saturated carbocycles. The van der Waals surface area contributed by atoms with E-state index in [1.54, 1.807) is 0 Å². The van der Waals surface area contributed by atoms with Gasteiger partial charge in [0.2, 0.25) is 5.91 Å². The summed E-state index contributed by atoms with van der Waals surface area (Å²) >= 11 is 0. The highest BCUT2D eigenvalue weighted by Gasteiger charge is 2.23. The van der Waals surface area contributed by atoms with Crippen LogP contribution in [0.4, 0.5) is 0 Å². The second-order valence-corrected chi connectivity index (χ2v) is 5.55. The lowest BCUT2D eigenvalue weighted by atomic mass is 9.93. The quantitative estimate of drug-likeness (QED) is 0.547. The molecule has 3 nitrogen and oxygen atoms in total. The van der Waals surface area contributed by atoms with Gasteiger partial charge in [-0.15, -0.1) is 0 Å². The van der Waals surface area contributed by atoms with Crippen LogP contribution in [0.25, 0.3) is 0 Å². The van der Waals surface area contributed by atoms with Crippen molar-refractivity contribution in [3.05, 3.63) is 0 Å². The molecule has 0 heterocycles. The Morgan fingerprint density at radius 1 is 1.06 bits per heavy atom. The fourth-order valence-electron chi connectivity index (χ4n) is 1.70. The number of nitrogens with two attached hydrogens (primary N) is 1. The number of amides is 1. The zero-order valence-corrected chi connectivity index (χ0v) is 11.8. The topological polar surface area (TPSA) is 55.1 Å². The Bertz CT molecular complexity index is 202. The molecule has 0 saturated heterocycles. The summed E-state index contributed by atoms with van der Waals surface area (Å²) < 4.78 is 0. The predicted octanol–water partition coefficient (Wildman–Crippen LogP) is 2.84. The zero-order valence-electron chi connectivity index (χ0n) is 11.8. The number of carbonyl (C=O) groups excluding carboxylic acids is 1. The fraction of sp³-hybridized carbons (Fsp3) is 0.929. The van der Waals surface area contributed by atoms with Crippen LogP contribution in [0.3, 0.4) is 0 Å². The second-order valence-electron chi connectivity index (χ2n) is 5.55. The van der Waals surface area contributed by atoms with Crippen molar-refractivity contribution in [1.29, 1.82) is 0 Å². The maximum Gasteiger partial charge on any atom is 0.224 e. The summed E-state index contributed by atoms with van der Waals surface area (Å²) in [5, 5.41) is 3.31. The minimum Gasteiger partial charge on any atom is -0.369 e. The lowest BCUT2D eigenvalue weighted by molar-refractivity contribution is -0.125. The highest BCUT2D eigenvalue weighted by Crippen LogP contribution is 2.12. The Morgan fingerprint density at radius 2 is 1.59 bits per heavy atom. The van der Waals surface area contributed by atoms with Crippen LogP contribution in [0.2, 0.25) is 0 Å². The van der Waals surface area contributed by atoms with Crippen LogP contribution in [-0.2, 0) is 4.79 Å². The monoisotopic (exact) mass is 242 g/mol. The van der Waals surface area contributed by atoms with Gasteiger partial charge in [0.15, 0.2) is 0 Å². The number of hydrogen-bond acceptors (Lipinski definition) is 2. The van der Waals surface area contributed by atoms with Crippen molar-refractivity contribution in [1.82, 2.24) is 5.32 Å². The van der Waals surface area contributed by atoms with Crippen molar-refractivity contribution < 1.29 is 4.79 Å². The van der Waals surface area contributed by atoms with Crippen LogP contribution >= 0.6 is 0 Å². The molecule has 3 N–H and O–H groups in total. The van der Waals surface area contributed by atoms with E-state index in [1.807, 2.05) is 13.8 Å². The molecule has 0 rings (SSSR count). The van der Waals surface area contributed by atoms with Crippen LogP contribution in [0.5, 0.6) is 0 Å². The van der Waals surface area contributed by atoms with Gasteiger partial charge in [-0.2, -0.15) is 0 Å². The highest BCUT2D eigenvalue weighted by atomic mass is 16.1. The molecule has 0 bridgehead atoms. The maximum atomic E-state index is 11.1. The van der Waals surface area contributed by atoms with E-state index in [2.05, 4.69) is 12.2 Å². The SMILES string of the molecule is CCCCCCCCCNCC(C)(C)C(N)=O. The van der Waals surface area contributed by atoms with E-state index in [9.17, 15) is 4.79 Å². The van der Waals surface area contributed by atoms with Crippen molar-refractivity contribution in [2.75, 3.05) is 13.1 Å². The molecule has 0 spiro atoms. The van der Waals surface area contributed by atoms with Gasteiger partial charge in [0.25, 0.3) is 0 Å². The molecule has 102 valence electrons. The van der Waals surface area contributed by atoms with Gasteiger partial charge in [0, 0.05) is 6.54 Å². The lowest BCUT2D eigenvalue weighted by Crippen LogP contribution is -2.40. The first-order valence-electron chi connectivity index (χ1n) is 7.01. The van der Waals surface area contributed by atoms with Crippen molar-refractivity contribution in [2.45, 2.75) is 65.7 Å². The van der Waals surface area contributed by atoms with Crippen molar-refractivity contribution in [3.63, 3.8) is 0 Å². The van der Waals surface area contributed by atoms with E-state index in [1.165, 1.54) is 44.9 Å². The van der Waals surface area contributed by atoms with E-state index in [4.69, 9.17) is 5.73 Å². The third-order valence-corrected chi connectivity index (χ3v) is 3.19. The Morgan fingerprint density at radius 3 is 2.12 bits per heavy atom. The minimum absolute atomic E-state index is 0.232. The first-order chi connectivity index (χ1) is 8.00. The zero-order chi connectivity index (χ0) is 13.1. The summed E-state index contributed by atoms with van der Waals surface area (Å²) in [4.78, 5) is 11.1. The molecular weight excluding hydrogens is 212 g/mol. The molecule has 0 unspecified atom stereocenters. The Balaban J connectivity index is 3.27. The molecule has 17 heavy (non-hydrogen) atoms. The number of primary amides is 1. The first kappa shape index (κ1) is 16.4. The fourth-order valence-corrected chi connectivity index (χ4v) is 1.70. The average molecular weight is 242 g/mol. The lowest BCUT2D eigenvalue weighted by Gasteiger charge is -2.20. The molecule has 0 aliphatic rings. The van der Waals surface area contributed by atoms with Gasteiger partial charge in [0.1, 0.15) is 0 Å². The van der Waals surface area contributed by atoms with Gasteiger partial charge >= 0.3 is 0 Å². The molecule has 0 atom stereocenters. The minimum atomic E-state index is -0.429. The van der Waals surface area contributed by atoms with Gasteiger partial charge in [-0.25, -0.2) is 0 Å². The van der Waals surface area contributed by atoms with Crippen LogP contribution in [0.1, 0.15) is 65.7 Å². The number of unbranched alkanes of at least 4 members (excludes halogenated alkanes) is 6. The van der Waals surface area contributed by atoms with Crippen LogP contribution in [0, 0.1) is 5.41 Å². The summed E-state index contributed by atoms with van der Waals surface area (Å²) in [6.07, 6.45) is 9.23. The highest BCUT2D eigenvalue weighted by molar-refractivity contribution is 5.80. The molecular formula is C14H30N2O. The summed E-state index contributed by atoms with van der Waals surface area (Å²) in [6.45, 7) is 7.67. The third kappa shape index (κ3) is 9.16. The van der Waals surface area contributed by atoms with Gasteiger partial charge in [-0.1, -0.05) is 45.4 Å². The van der Waals surface area contributed by atoms with Crippen molar-refractivity contribution >= 4 is 5.91 Å². The molecule has 0 aromatic carbocycles. The van der Waals surface area contributed by atoms with E-state index in [0.717, 1.165) is 6.54 Å². The summed E-state index contributed by atoms with van der Waals surface area (Å²) in [6, 6.07) is 0. The Labute approximate surface area is 107 Å². The van der Waals surface area contributed by atoms with E-state index in [0.29, 0.717) is 6.54 Å². The average Bonchev–Trinajstić information content (AvgIpc) is 2.26. The largest absolute Gasteiger partial charge is 0.369 e. The number of rotatable bonds is 11.